The summed E-state index contributed by atoms with van der Waals surface area (Å²) >= 11 is 0. The number of para-hydroxylation sites is 1. The van der Waals surface area contributed by atoms with Crippen LogP contribution < -0.4 is 0 Å². The molecule has 3 heterocycles. The van der Waals surface area contributed by atoms with Crippen LogP contribution in [0.3, 0.4) is 0 Å². The molecule has 0 saturated carbocycles. The zero-order valence-electron chi connectivity index (χ0n) is 15.8. The van der Waals surface area contributed by atoms with Gasteiger partial charge in [-0.3, -0.25) is 9.59 Å². The minimum Gasteiger partial charge on any atom is -0.466 e. The Morgan fingerprint density at radius 3 is 2.68 bits per heavy atom. The third kappa shape index (κ3) is 3.50. The van der Waals surface area contributed by atoms with Gasteiger partial charge < -0.3 is 14.1 Å². The zero-order chi connectivity index (χ0) is 19.5. The number of carbonyl (C=O) groups is 2. The second-order valence-electron chi connectivity index (χ2n) is 6.87. The van der Waals surface area contributed by atoms with Gasteiger partial charge in [0.05, 0.1) is 29.9 Å². The van der Waals surface area contributed by atoms with Gasteiger partial charge in [-0.05, 0) is 44.0 Å². The Kier molecular flexibility index (Phi) is 5.10. The summed E-state index contributed by atoms with van der Waals surface area (Å²) < 4.78 is 10.6. The van der Waals surface area contributed by atoms with E-state index in [1.54, 1.807) is 18.4 Å². The van der Waals surface area contributed by atoms with Crippen LogP contribution in [0.25, 0.3) is 22.4 Å². The molecule has 1 fully saturated rings. The minimum absolute atomic E-state index is 0.0475. The maximum absolute atomic E-state index is 13.3. The lowest BCUT2D eigenvalue weighted by Crippen LogP contribution is -2.40. The highest BCUT2D eigenvalue weighted by molar-refractivity contribution is 6.07. The van der Waals surface area contributed by atoms with E-state index in [4.69, 9.17) is 9.15 Å². The van der Waals surface area contributed by atoms with Crippen LogP contribution in [0.5, 0.6) is 0 Å². The molecule has 0 N–H and O–H groups in total. The molecule has 1 amide bonds. The van der Waals surface area contributed by atoms with Crippen molar-refractivity contribution in [3.63, 3.8) is 0 Å². The molecule has 28 heavy (non-hydrogen) atoms. The summed E-state index contributed by atoms with van der Waals surface area (Å²) in [5.41, 5.74) is 1.99. The van der Waals surface area contributed by atoms with Crippen LogP contribution in [0.4, 0.5) is 0 Å². The number of fused-ring (bicyclic) bond motifs is 1. The van der Waals surface area contributed by atoms with Crippen LogP contribution in [0.2, 0.25) is 0 Å². The summed E-state index contributed by atoms with van der Waals surface area (Å²) in [5.74, 6) is 0.287. The molecular weight excluding hydrogens is 356 g/mol. The standard InChI is InChI=1S/C22H22N2O4/c1-2-27-22(26)15-9-11-24(12-10-15)21(25)17-14-19(20-8-5-13-28-20)23-18-7-4-3-6-16(17)18/h3-8,13-15H,2,9-12H2,1H3. The van der Waals surface area contributed by atoms with Gasteiger partial charge in [0.2, 0.25) is 0 Å². The number of nitrogens with zero attached hydrogens (tertiary/aromatic N) is 2. The highest BCUT2D eigenvalue weighted by atomic mass is 16.5. The molecule has 6 nitrogen and oxygen atoms in total. The highest BCUT2D eigenvalue weighted by Gasteiger charge is 2.29. The molecule has 1 aromatic carbocycles. The Morgan fingerprint density at radius 2 is 1.96 bits per heavy atom. The molecule has 0 aliphatic carbocycles. The number of amides is 1. The van der Waals surface area contributed by atoms with E-state index in [-0.39, 0.29) is 17.8 Å². The number of pyridine rings is 1. The third-order valence-electron chi connectivity index (χ3n) is 5.12. The fraction of sp³-hybridized carbons (Fsp3) is 0.318. The Morgan fingerprint density at radius 1 is 1.18 bits per heavy atom. The molecule has 4 rings (SSSR count). The third-order valence-corrected chi connectivity index (χ3v) is 5.12. The van der Waals surface area contributed by atoms with Gasteiger partial charge in [-0.15, -0.1) is 0 Å². The van der Waals surface area contributed by atoms with Crippen molar-refractivity contribution < 1.29 is 18.7 Å². The summed E-state index contributed by atoms with van der Waals surface area (Å²) in [7, 11) is 0. The van der Waals surface area contributed by atoms with Crippen molar-refractivity contribution in [3.05, 3.63) is 54.3 Å². The monoisotopic (exact) mass is 378 g/mol. The average molecular weight is 378 g/mol. The fourth-order valence-electron chi connectivity index (χ4n) is 3.65. The zero-order valence-corrected chi connectivity index (χ0v) is 15.8. The summed E-state index contributed by atoms with van der Waals surface area (Å²) in [6.07, 6.45) is 2.84. The van der Waals surface area contributed by atoms with Crippen molar-refractivity contribution >= 4 is 22.8 Å². The van der Waals surface area contributed by atoms with Gasteiger partial charge in [-0.25, -0.2) is 4.98 Å². The maximum Gasteiger partial charge on any atom is 0.309 e. The Bertz CT molecular complexity index is 989. The van der Waals surface area contributed by atoms with E-state index in [0.717, 1.165) is 10.9 Å². The van der Waals surface area contributed by atoms with Gasteiger partial charge in [0.15, 0.2) is 5.76 Å². The van der Waals surface area contributed by atoms with Gasteiger partial charge in [-0.2, -0.15) is 0 Å². The number of piperidine rings is 1. The number of hydrogen-bond acceptors (Lipinski definition) is 5. The Balaban J connectivity index is 1.62. The first-order chi connectivity index (χ1) is 13.7. The first-order valence-corrected chi connectivity index (χ1v) is 9.57. The van der Waals surface area contributed by atoms with Gasteiger partial charge in [0, 0.05) is 18.5 Å². The van der Waals surface area contributed by atoms with E-state index in [9.17, 15) is 9.59 Å². The second-order valence-corrected chi connectivity index (χ2v) is 6.87. The summed E-state index contributed by atoms with van der Waals surface area (Å²) in [5, 5.41) is 0.815. The molecule has 0 spiro atoms. The van der Waals surface area contributed by atoms with Crippen molar-refractivity contribution in [2.75, 3.05) is 19.7 Å². The number of esters is 1. The Hall–Kier alpha value is -3.15. The number of rotatable bonds is 4. The van der Waals surface area contributed by atoms with Crippen LogP contribution in [-0.4, -0.2) is 41.5 Å². The molecule has 0 unspecified atom stereocenters. The lowest BCUT2D eigenvalue weighted by Gasteiger charge is -2.31. The SMILES string of the molecule is CCOC(=O)C1CCN(C(=O)c2cc(-c3ccco3)nc3ccccc23)CC1. The molecule has 1 saturated heterocycles. The summed E-state index contributed by atoms with van der Waals surface area (Å²) in [6, 6.07) is 13.0. The van der Waals surface area contributed by atoms with Gasteiger partial charge >= 0.3 is 5.97 Å². The molecule has 1 aliphatic rings. The number of carbonyl (C=O) groups excluding carboxylic acids is 2. The summed E-state index contributed by atoms with van der Waals surface area (Å²) in [6.45, 7) is 3.27. The average Bonchev–Trinajstić information content (AvgIpc) is 3.28. The van der Waals surface area contributed by atoms with Gasteiger partial charge in [0.25, 0.3) is 5.91 Å². The normalized spacial score (nSPS) is 15.0. The quantitative estimate of drug-likeness (QED) is 0.644. The van der Waals surface area contributed by atoms with Gasteiger partial charge in [0.1, 0.15) is 5.69 Å². The van der Waals surface area contributed by atoms with Crippen molar-refractivity contribution in [2.24, 2.45) is 5.92 Å². The number of likely N-dealkylation sites (tertiary alicyclic amines) is 1. The molecule has 1 aliphatic heterocycles. The van der Waals surface area contributed by atoms with Crippen molar-refractivity contribution in [1.82, 2.24) is 9.88 Å². The number of benzene rings is 1. The molecule has 0 radical (unpaired) electrons. The van der Waals surface area contributed by atoms with Crippen LogP contribution in [0.15, 0.2) is 53.1 Å². The molecular formula is C22H22N2O4. The fourth-order valence-corrected chi connectivity index (χ4v) is 3.65. The predicted octanol–water partition coefficient (Wildman–Crippen LogP) is 3.91. The van der Waals surface area contributed by atoms with Crippen molar-refractivity contribution in [3.8, 4) is 11.5 Å². The molecule has 3 aromatic rings. The van der Waals surface area contributed by atoms with E-state index in [2.05, 4.69) is 4.98 Å². The van der Waals surface area contributed by atoms with E-state index in [0.29, 0.717) is 49.6 Å². The maximum atomic E-state index is 13.3. The molecule has 144 valence electrons. The van der Waals surface area contributed by atoms with E-state index >= 15 is 0 Å². The smallest absolute Gasteiger partial charge is 0.309 e. The lowest BCUT2D eigenvalue weighted by atomic mass is 9.96. The van der Waals surface area contributed by atoms with Crippen LogP contribution in [0, 0.1) is 5.92 Å². The largest absolute Gasteiger partial charge is 0.466 e. The summed E-state index contributed by atoms with van der Waals surface area (Å²) in [4.78, 5) is 31.7. The minimum atomic E-state index is -0.163. The molecule has 0 atom stereocenters. The van der Waals surface area contributed by atoms with Crippen molar-refractivity contribution in [2.45, 2.75) is 19.8 Å². The van der Waals surface area contributed by atoms with E-state index in [1.165, 1.54) is 0 Å². The number of aromatic nitrogens is 1. The first-order valence-electron chi connectivity index (χ1n) is 9.57. The predicted molar refractivity (Wildman–Crippen MR) is 105 cm³/mol. The lowest BCUT2D eigenvalue weighted by molar-refractivity contribution is -0.149. The number of furan rings is 1. The highest BCUT2D eigenvalue weighted by Crippen LogP contribution is 2.28. The van der Waals surface area contributed by atoms with Gasteiger partial charge in [-0.1, -0.05) is 18.2 Å². The second kappa shape index (κ2) is 7.84. The first kappa shape index (κ1) is 18.2. The van der Waals surface area contributed by atoms with Crippen LogP contribution in [-0.2, 0) is 9.53 Å². The molecule has 0 bridgehead atoms. The number of hydrogen-bond donors (Lipinski definition) is 0. The molecule has 6 heteroatoms. The van der Waals surface area contributed by atoms with Crippen LogP contribution in [0.1, 0.15) is 30.1 Å². The Labute approximate surface area is 163 Å². The van der Waals surface area contributed by atoms with Crippen molar-refractivity contribution in [1.29, 1.82) is 0 Å². The van der Waals surface area contributed by atoms with E-state index in [1.807, 2.05) is 42.2 Å². The van der Waals surface area contributed by atoms with E-state index < -0.39 is 0 Å². The topological polar surface area (TPSA) is 72.6 Å². The number of ether oxygens (including phenoxy) is 1. The van der Waals surface area contributed by atoms with Crippen LogP contribution >= 0.6 is 0 Å². The molecule has 2 aromatic heterocycles.